The van der Waals surface area contributed by atoms with Crippen LogP contribution in [-0.2, 0) is 27.3 Å². The molecule has 0 unspecified atom stereocenters. The number of hydrogen-bond acceptors (Lipinski definition) is 4. The van der Waals surface area contributed by atoms with Gasteiger partial charge in [0.15, 0.2) is 0 Å². The smallest absolute Gasteiger partial charge is 0.373 e. The van der Waals surface area contributed by atoms with Crippen LogP contribution in [0.25, 0.3) is 6.08 Å². The predicted molar refractivity (Wildman–Crippen MR) is 123 cm³/mol. The van der Waals surface area contributed by atoms with Crippen LogP contribution in [0.4, 0.5) is 0 Å². The van der Waals surface area contributed by atoms with Gasteiger partial charge in [0.2, 0.25) is 5.76 Å². The maximum Gasteiger partial charge on any atom is 0.373 e. The summed E-state index contributed by atoms with van der Waals surface area (Å²) in [5.41, 5.74) is 4.19. The van der Waals surface area contributed by atoms with Gasteiger partial charge in [0.1, 0.15) is 12.4 Å². The van der Waals surface area contributed by atoms with E-state index in [1.54, 1.807) is 13.0 Å². The average Bonchev–Trinajstić information content (AvgIpc) is 2.80. The van der Waals surface area contributed by atoms with Gasteiger partial charge in [-0.1, -0.05) is 66.7 Å². The quantitative estimate of drug-likeness (QED) is 0.238. The second-order valence-corrected chi connectivity index (χ2v) is 6.97. The molecule has 3 aromatic rings. The van der Waals surface area contributed by atoms with Gasteiger partial charge >= 0.3 is 5.97 Å². The number of rotatable bonds is 10. The minimum Gasteiger partial charge on any atom is -0.489 e. The van der Waals surface area contributed by atoms with E-state index < -0.39 is 5.97 Å². The fraction of sp³-hybridized carbons (Fsp3) is 0.222. The SMILES string of the molecule is CCOC(=O)/C(=C/c1ccc(OCc2ccccc2)c(Cc2ccccc2)c1)OCC. The number of esters is 1. The molecule has 0 N–H and O–H groups in total. The molecule has 0 aliphatic heterocycles. The lowest BCUT2D eigenvalue weighted by atomic mass is 10.0. The minimum absolute atomic E-state index is 0.202. The summed E-state index contributed by atoms with van der Waals surface area (Å²) >= 11 is 0. The van der Waals surface area contributed by atoms with Crippen molar-refractivity contribution in [1.29, 1.82) is 0 Å². The molecule has 3 rings (SSSR count). The number of carbonyl (C=O) groups is 1. The minimum atomic E-state index is -0.460. The molecule has 0 aliphatic carbocycles. The van der Waals surface area contributed by atoms with E-state index in [-0.39, 0.29) is 5.76 Å². The molecule has 0 aliphatic rings. The maximum atomic E-state index is 12.2. The van der Waals surface area contributed by atoms with Gasteiger partial charge in [0.25, 0.3) is 0 Å². The highest BCUT2D eigenvalue weighted by atomic mass is 16.6. The Hall–Kier alpha value is -3.53. The van der Waals surface area contributed by atoms with E-state index in [1.165, 1.54) is 5.56 Å². The topological polar surface area (TPSA) is 44.8 Å². The average molecular weight is 417 g/mol. The summed E-state index contributed by atoms with van der Waals surface area (Å²) in [5, 5.41) is 0. The molecule has 0 atom stereocenters. The molecule has 0 saturated carbocycles. The normalized spacial score (nSPS) is 11.1. The summed E-state index contributed by atoms with van der Waals surface area (Å²) in [7, 11) is 0. The summed E-state index contributed by atoms with van der Waals surface area (Å²) in [6.45, 7) is 4.80. The third-order valence-corrected chi connectivity index (χ3v) is 4.63. The standard InChI is InChI=1S/C27H28O4/c1-3-29-26(27(28)30-4-2)19-23-15-16-25(31-20-22-13-9-6-10-14-22)24(18-23)17-21-11-7-5-8-12-21/h5-16,18-19H,3-4,17,20H2,1-2H3/b26-19-. The molecule has 0 saturated heterocycles. The zero-order chi connectivity index (χ0) is 21.9. The van der Waals surface area contributed by atoms with Crippen LogP contribution >= 0.6 is 0 Å². The van der Waals surface area contributed by atoms with Crippen LogP contribution in [0.2, 0.25) is 0 Å². The lowest BCUT2D eigenvalue weighted by Gasteiger charge is -2.14. The second-order valence-electron chi connectivity index (χ2n) is 6.97. The van der Waals surface area contributed by atoms with Gasteiger partial charge < -0.3 is 14.2 Å². The Bertz CT molecular complexity index is 994. The van der Waals surface area contributed by atoms with E-state index in [1.807, 2.05) is 73.7 Å². The van der Waals surface area contributed by atoms with E-state index in [2.05, 4.69) is 12.1 Å². The number of carbonyl (C=O) groups excluding carboxylic acids is 1. The van der Waals surface area contributed by atoms with Crippen LogP contribution in [0.3, 0.4) is 0 Å². The highest BCUT2D eigenvalue weighted by Gasteiger charge is 2.13. The molecule has 0 fully saturated rings. The first-order valence-electron chi connectivity index (χ1n) is 10.5. The molecule has 0 radical (unpaired) electrons. The lowest BCUT2D eigenvalue weighted by Crippen LogP contribution is -2.10. The first kappa shape index (κ1) is 22.2. The van der Waals surface area contributed by atoms with Crippen molar-refractivity contribution in [2.45, 2.75) is 26.9 Å². The zero-order valence-electron chi connectivity index (χ0n) is 18.0. The van der Waals surface area contributed by atoms with Gasteiger partial charge in [0, 0.05) is 6.42 Å². The highest BCUT2D eigenvalue weighted by Crippen LogP contribution is 2.26. The Morgan fingerprint density at radius 2 is 1.45 bits per heavy atom. The lowest BCUT2D eigenvalue weighted by molar-refractivity contribution is -0.142. The number of hydrogen-bond donors (Lipinski definition) is 0. The predicted octanol–water partition coefficient (Wildman–Crippen LogP) is 5.80. The van der Waals surface area contributed by atoms with Crippen LogP contribution < -0.4 is 4.74 Å². The van der Waals surface area contributed by atoms with Crippen LogP contribution in [-0.4, -0.2) is 19.2 Å². The van der Waals surface area contributed by atoms with Gasteiger partial charge in [-0.15, -0.1) is 0 Å². The Kier molecular flexibility index (Phi) is 8.29. The molecule has 0 heterocycles. The molecule has 4 heteroatoms. The van der Waals surface area contributed by atoms with Crippen molar-refractivity contribution >= 4 is 12.0 Å². The first-order chi connectivity index (χ1) is 15.2. The Morgan fingerprint density at radius 1 is 0.806 bits per heavy atom. The van der Waals surface area contributed by atoms with Gasteiger partial charge in [-0.2, -0.15) is 0 Å². The largest absolute Gasteiger partial charge is 0.489 e. The van der Waals surface area contributed by atoms with E-state index in [0.29, 0.717) is 19.8 Å². The fourth-order valence-corrected chi connectivity index (χ4v) is 3.19. The van der Waals surface area contributed by atoms with Crippen LogP contribution in [0.1, 0.15) is 36.1 Å². The van der Waals surface area contributed by atoms with Gasteiger partial charge in [-0.3, -0.25) is 0 Å². The first-order valence-corrected chi connectivity index (χ1v) is 10.5. The monoisotopic (exact) mass is 416 g/mol. The third-order valence-electron chi connectivity index (χ3n) is 4.63. The fourth-order valence-electron chi connectivity index (χ4n) is 3.19. The van der Waals surface area contributed by atoms with Gasteiger partial charge in [-0.05, 0) is 54.3 Å². The van der Waals surface area contributed by atoms with E-state index in [0.717, 1.165) is 28.9 Å². The summed E-state index contributed by atoms with van der Waals surface area (Å²) in [4.78, 5) is 12.2. The van der Waals surface area contributed by atoms with E-state index in [9.17, 15) is 4.79 Å². The summed E-state index contributed by atoms with van der Waals surface area (Å²) in [6.07, 6.45) is 2.44. The molecular formula is C27H28O4. The van der Waals surface area contributed by atoms with Crippen molar-refractivity contribution in [3.8, 4) is 5.75 Å². The molecule has 3 aromatic carbocycles. The van der Waals surface area contributed by atoms with Crippen molar-refractivity contribution < 1.29 is 19.0 Å². The zero-order valence-corrected chi connectivity index (χ0v) is 18.0. The molecule has 0 amide bonds. The van der Waals surface area contributed by atoms with Crippen LogP contribution in [0.5, 0.6) is 5.75 Å². The Balaban J connectivity index is 1.90. The highest BCUT2D eigenvalue weighted by molar-refractivity contribution is 5.91. The molecule has 0 bridgehead atoms. The number of ether oxygens (including phenoxy) is 3. The molecule has 0 spiro atoms. The molecule has 4 nitrogen and oxygen atoms in total. The molecular weight excluding hydrogens is 388 g/mol. The Morgan fingerprint density at radius 3 is 2.10 bits per heavy atom. The van der Waals surface area contributed by atoms with Crippen molar-refractivity contribution in [3.05, 3.63) is 107 Å². The molecule has 0 aromatic heterocycles. The van der Waals surface area contributed by atoms with Crippen LogP contribution in [0.15, 0.2) is 84.6 Å². The van der Waals surface area contributed by atoms with Crippen molar-refractivity contribution in [3.63, 3.8) is 0 Å². The van der Waals surface area contributed by atoms with Gasteiger partial charge in [-0.25, -0.2) is 4.79 Å². The van der Waals surface area contributed by atoms with Crippen molar-refractivity contribution in [1.82, 2.24) is 0 Å². The second kappa shape index (κ2) is 11.6. The Labute approximate surface area is 184 Å². The van der Waals surface area contributed by atoms with Crippen LogP contribution in [0, 0.1) is 0 Å². The van der Waals surface area contributed by atoms with Gasteiger partial charge in [0.05, 0.1) is 13.2 Å². The van der Waals surface area contributed by atoms with E-state index >= 15 is 0 Å². The summed E-state index contributed by atoms with van der Waals surface area (Å²) in [5.74, 6) is 0.560. The molecule has 31 heavy (non-hydrogen) atoms. The van der Waals surface area contributed by atoms with Crippen molar-refractivity contribution in [2.24, 2.45) is 0 Å². The summed E-state index contributed by atoms with van der Waals surface area (Å²) in [6, 6.07) is 26.2. The van der Waals surface area contributed by atoms with E-state index in [4.69, 9.17) is 14.2 Å². The number of benzene rings is 3. The summed E-state index contributed by atoms with van der Waals surface area (Å²) < 4.78 is 16.8. The van der Waals surface area contributed by atoms with Crippen molar-refractivity contribution in [2.75, 3.05) is 13.2 Å². The molecule has 160 valence electrons. The third kappa shape index (κ3) is 6.75. The maximum absolute atomic E-state index is 12.2.